The van der Waals surface area contributed by atoms with Crippen molar-refractivity contribution in [1.29, 1.82) is 0 Å². The quantitative estimate of drug-likeness (QED) is 0.237. The number of pyridine rings is 1. The van der Waals surface area contributed by atoms with Crippen LogP contribution in [0.25, 0.3) is 11.3 Å². The Hall–Kier alpha value is -3.18. The van der Waals surface area contributed by atoms with Crippen molar-refractivity contribution in [1.82, 2.24) is 9.88 Å². The Morgan fingerprint density at radius 1 is 1.00 bits per heavy atom. The molecule has 1 aliphatic rings. The zero-order chi connectivity index (χ0) is 29.7. The highest BCUT2D eigenvalue weighted by molar-refractivity contribution is 5.76. The lowest BCUT2D eigenvalue weighted by Crippen LogP contribution is -2.43. The van der Waals surface area contributed by atoms with Gasteiger partial charge in [-0.3, -0.25) is 14.7 Å². The standard InChI is InChI=1S/C36H48N2O3/c1-9-27-12-11-13-28(10-2)34(27)32-20-30(22-38-18-16-36(7,17-19-38)35(39)40-8)31(26(6)37-32)23-41-33-21-29(24(3)4)15-14-25(33)5/h11-15,20-21,24H,9-10,16-19,22-23H2,1-8H3. The molecule has 4 rings (SSSR count). The Labute approximate surface area is 247 Å². The van der Waals surface area contributed by atoms with Crippen molar-refractivity contribution in [2.24, 2.45) is 5.41 Å². The second kappa shape index (κ2) is 13.2. The number of hydrogen-bond acceptors (Lipinski definition) is 5. The van der Waals surface area contributed by atoms with Gasteiger partial charge in [-0.2, -0.15) is 0 Å². The number of carbonyl (C=O) groups excluding carboxylic acids is 1. The fourth-order valence-corrected chi connectivity index (χ4v) is 5.98. The number of ether oxygens (including phenoxy) is 2. The van der Waals surface area contributed by atoms with Crippen LogP contribution in [0.2, 0.25) is 0 Å². The van der Waals surface area contributed by atoms with E-state index in [2.05, 4.69) is 88.9 Å². The molecule has 0 bridgehead atoms. The minimum atomic E-state index is -0.411. The molecule has 3 aromatic rings. The Morgan fingerprint density at radius 3 is 2.24 bits per heavy atom. The predicted octanol–water partition coefficient (Wildman–Crippen LogP) is 7.97. The van der Waals surface area contributed by atoms with Gasteiger partial charge >= 0.3 is 5.97 Å². The Morgan fingerprint density at radius 2 is 1.66 bits per heavy atom. The molecule has 5 nitrogen and oxygen atoms in total. The van der Waals surface area contributed by atoms with Gasteiger partial charge in [-0.05, 0) is 105 Å². The highest BCUT2D eigenvalue weighted by atomic mass is 16.5. The fraction of sp³-hybridized carbons (Fsp3) is 0.500. The van der Waals surface area contributed by atoms with Gasteiger partial charge in [0.05, 0.1) is 18.2 Å². The van der Waals surface area contributed by atoms with Gasteiger partial charge < -0.3 is 9.47 Å². The number of aromatic nitrogens is 1. The Kier molecular flexibility index (Phi) is 9.91. The molecule has 220 valence electrons. The van der Waals surface area contributed by atoms with Crippen LogP contribution in [0, 0.1) is 19.3 Å². The third-order valence-electron chi connectivity index (χ3n) is 8.96. The number of nitrogens with zero attached hydrogens (tertiary/aromatic N) is 2. The van der Waals surface area contributed by atoms with Crippen molar-refractivity contribution in [3.8, 4) is 17.0 Å². The van der Waals surface area contributed by atoms with Gasteiger partial charge in [-0.25, -0.2) is 0 Å². The topological polar surface area (TPSA) is 51.7 Å². The van der Waals surface area contributed by atoms with E-state index in [1.807, 2.05) is 6.92 Å². The molecule has 2 heterocycles. The van der Waals surface area contributed by atoms with Crippen LogP contribution in [0.15, 0.2) is 42.5 Å². The lowest BCUT2D eigenvalue weighted by atomic mass is 9.80. The number of rotatable bonds is 10. The van der Waals surface area contributed by atoms with Gasteiger partial charge in [0.25, 0.3) is 0 Å². The van der Waals surface area contributed by atoms with Crippen LogP contribution in [0.3, 0.4) is 0 Å². The smallest absolute Gasteiger partial charge is 0.311 e. The second-order valence-corrected chi connectivity index (χ2v) is 12.2. The van der Waals surface area contributed by atoms with E-state index < -0.39 is 5.41 Å². The number of hydrogen-bond donors (Lipinski definition) is 0. The maximum atomic E-state index is 12.4. The van der Waals surface area contributed by atoms with Crippen molar-refractivity contribution in [3.05, 3.63) is 81.5 Å². The van der Waals surface area contributed by atoms with Crippen molar-refractivity contribution in [2.45, 2.75) is 93.2 Å². The first-order valence-corrected chi connectivity index (χ1v) is 15.2. The third kappa shape index (κ3) is 6.83. The summed E-state index contributed by atoms with van der Waals surface area (Å²) < 4.78 is 11.6. The summed E-state index contributed by atoms with van der Waals surface area (Å²) >= 11 is 0. The van der Waals surface area contributed by atoms with Crippen molar-refractivity contribution in [2.75, 3.05) is 20.2 Å². The number of esters is 1. The summed E-state index contributed by atoms with van der Waals surface area (Å²) in [4.78, 5) is 20.1. The molecule has 1 aromatic heterocycles. The summed E-state index contributed by atoms with van der Waals surface area (Å²) in [6.45, 7) is 18.1. The molecule has 1 saturated heterocycles. The molecule has 0 spiro atoms. The van der Waals surface area contributed by atoms with Crippen molar-refractivity contribution in [3.63, 3.8) is 0 Å². The first kappa shape index (κ1) is 30.8. The summed E-state index contributed by atoms with van der Waals surface area (Å²) in [5, 5.41) is 0. The number of piperidine rings is 1. The fourth-order valence-electron chi connectivity index (χ4n) is 5.98. The van der Waals surface area contributed by atoms with E-state index >= 15 is 0 Å². The molecule has 0 amide bonds. The van der Waals surface area contributed by atoms with E-state index in [0.717, 1.165) is 73.6 Å². The Bertz CT molecular complexity index is 1350. The van der Waals surface area contributed by atoms with Crippen LogP contribution in [0.4, 0.5) is 0 Å². The largest absolute Gasteiger partial charge is 0.489 e. The predicted molar refractivity (Wildman–Crippen MR) is 167 cm³/mol. The molecule has 1 fully saturated rings. The van der Waals surface area contributed by atoms with Crippen molar-refractivity contribution >= 4 is 5.97 Å². The highest BCUT2D eigenvalue weighted by Crippen LogP contribution is 2.35. The SMILES string of the molecule is CCc1cccc(CC)c1-c1cc(CN2CCC(C)(C(=O)OC)CC2)c(COc2cc(C(C)C)ccc2C)c(C)n1. The third-order valence-corrected chi connectivity index (χ3v) is 8.96. The van der Waals surface area contributed by atoms with Crippen molar-refractivity contribution < 1.29 is 14.3 Å². The zero-order valence-electron chi connectivity index (χ0n) is 26.4. The molecule has 0 unspecified atom stereocenters. The maximum Gasteiger partial charge on any atom is 0.311 e. The minimum Gasteiger partial charge on any atom is -0.489 e. The average molecular weight is 557 g/mol. The Balaban J connectivity index is 1.71. The van der Waals surface area contributed by atoms with Crippen LogP contribution in [-0.4, -0.2) is 36.1 Å². The maximum absolute atomic E-state index is 12.4. The van der Waals surface area contributed by atoms with Crippen LogP contribution in [-0.2, 0) is 35.5 Å². The van der Waals surface area contributed by atoms with E-state index in [0.29, 0.717) is 12.5 Å². The molecule has 0 aliphatic carbocycles. The highest BCUT2D eigenvalue weighted by Gasteiger charge is 2.38. The van der Waals surface area contributed by atoms with Gasteiger partial charge in [0.2, 0.25) is 0 Å². The summed E-state index contributed by atoms with van der Waals surface area (Å²) in [6, 6.07) is 15.4. The zero-order valence-corrected chi connectivity index (χ0v) is 26.4. The van der Waals surface area contributed by atoms with E-state index in [9.17, 15) is 4.79 Å². The number of carbonyl (C=O) groups is 1. The van der Waals surface area contributed by atoms with Crippen LogP contribution >= 0.6 is 0 Å². The summed E-state index contributed by atoms with van der Waals surface area (Å²) in [7, 11) is 1.49. The first-order chi connectivity index (χ1) is 19.6. The molecule has 41 heavy (non-hydrogen) atoms. The molecule has 0 N–H and O–H groups in total. The minimum absolute atomic E-state index is 0.101. The van der Waals surface area contributed by atoms with Gasteiger partial charge in [-0.1, -0.05) is 58.0 Å². The lowest BCUT2D eigenvalue weighted by Gasteiger charge is -2.37. The molecular formula is C36H48N2O3. The number of aryl methyl sites for hydroxylation is 4. The molecule has 0 radical (unpaired) electrons. The van der Waals surface area contributed by atoms with Gasteiger partial charge in [-0.15, -0.1) is 0 Å². The van der Waals surface area contributed by atoms with E-state index in [1.165, 1.54) is 34.9 Å². The van der Waals surface area contributed by atoms with E-state index in [4.69, 9.17) is 14.5 Å². The second-order valence-electron chi connectivity index (χ2n) is 12.2. The molecule has 0 saturated carbocycles. The van der Waals surface area contributed by atoms with Gasteiger partial charge in [0.15, 0.2) is 0 Å². The van der Waals surface area contributed by atoms with Crippen LogP contribution in [0.1, 0.15) is 92.5 Å². The normalized spacial score (nSPS) is 15.2. The monoisotopic (exact) mass is 556 g/mol. The number of likely N-dealkylation sites (tertiary alicyclic amines) is 1. The van der Waals surface area contributed by atoms with E-state index in [1.54, 1.807) is 0 Å². The molecule has 2 aromatic carbocycles. The van der Waals surface area contributed by atoms with Crippen LogP contribution in [0.5, 0.6) is 5.75 Å². The van der Waals surface area contributed by atoms with E-state index in [-0.39, 0.29) is 5.97 Å². The lowest BCUT2D eigenvalue weighted by molar-refractivity contribution is -0.154. The number of methoxy groups -OCH3 is 1. The van der Waals surface area contributed by atoms with Crippen LogP contribution < -0.4 is 4.74 Å². The molecule has 0 atom stereocenters. The summed E-state index contributed by atoms with van der Waals surface area (Å²) in [5.74, 6) is 1.27. The molecular weight excluding hydrogens is 508 g/mol. The average Bonchev–Trinajstić information content (AvgIpc) is 2.97. The molecule has 1 aliphatic heterocycles. The first-order valence-electron chi connectivity index (χ1n) is 15.2. The molecule has 5 heteroatoms. The van der Waals surface area contributed by atoms with Gasteiger partial charge in [0, 0.05) is 23.4 Å². The summed E-state index contributed by atoms with van der Waals surface area (Å²) in [5.41, 5.74) is 10.4. The summed E-state index contributed by atoms with van der Waals surface area (Å²) in [6.07, 6.45) is 3.52. The van der Waals surface area contributed by atoms with Gasteiger partial charge in [0.1, 0.15) is 12.4 Å². The number of benzene rings is 2.